The Morgan fingerprint density at radius 3 is 2.47 bits per heavy atom. The fourth-order valence-electron chi connectivity index (χ4n) is 2.72. The van der Waals surface area contributed by atoms with Gasteiger partial charge in [-0.2, -0.15) is 0 Å². The van der Waals surface area contributed by atoms with E-state index >= 15 is 0 Å². The highest BCUT2D eigenvalue weighted by Gasteiger charge is 2.55. The van der Waals surface area contributed by atoms with Crippen molar-refractivity contribution in [2.24, 2.45) is 11.3 Å². The van der Waals surface area contributed by atoms with Crippen LogP contribution in [0.5, 0.6) is 0 Å². The quantitative estimate of drug-likeness (QED) is 0.415. The summed E-state index contributed by atoms with van der Waals surface area (Å²) >= 11 is 0. The van der Waals surface area contributed by atoms with Gasteiger partial charge in [0.25, 0.3) is 0 Å². The van der Waals surface area contributed by atoms with Gasteiger partial charge in [0.2, 0.25) is 0 Å². The minimum atomic E-state index is -1.14. The first-order valence-corrected chi connectivity index (χ1v) is 5.66. The van der Waals surface area contributed by atoms with Gasteiger partial charge in [0, 0.05) is 0 Å². The number of methoxy groups -OCH3 is 2. The fourth-order valence-corrected chi connectivity index (χ4v) is 2.72. The lowest BCUT2D eigenvalue weighted by Crippen LogP contribution is -2.39. The predicted octanol–water partition coefficient (Wildman–Crippen LogP) is 1.62. The van der Waals surface area contributed by atoms with Crippen LogP contribution in [0.2, 0.25) is 0 Å². The summed E-state index contributed by atoms with van der Waals surface area (Å²) in [5.74, 6) is -0.817. The highest BCUT2D eigenvalue weighted by Crippen LogP contribution is 2.48. The van der Waals surface area contributed by atoms with Crippen molar-refractivity contribution in [1.29, 1.82) is 0 Å². The van der Waals surface area contributed by atoms with Crippen LogP contribution in [0, 0.1) is 11.3 Å². The maximum absolute atomic E-state index is 11.9. The van der Waals surface area contributed by atoms with Gasteiger partial charge in [0.15, 0.2) is 5.41 Å². The van der Waals surface area contributed by atoms with Gasteiger partial charge >= 0.3 is 11.9 Å². The Labute approximate surface area is 100 Å². The Kier molecular flexibility index (Phi) is 3.05. The number of rotatable bonds is 2. The molecule has 4 heteroatoms. The summed E-state index contributed by atoms with van der Waals surface area (Å²) in [7, 11) is 2.61. The first-order chi connectivity index (χ1) is 8.14. The number of allylic oxidation sites excluding steroid dienone is 4. The molecule has 4 nitrogen and oxygen atoms in total. The third-order valence-corrected chi connectivity index (χ3v) is 3.59. The van der Waals surface area contributed by atoms with Gasteiger partial charge in [-0.1, -0.05) is 23.8 Å². The second-order valence-corrected chi connectivity index (χ2v) is 4.50. The van der Waals surface area contributed by atoms with Crippen molar-refractivity contribution in [3.05, 3.63) is 23.8 Å². The summed E-state index contributed by atoms with van der Waals surface area (Å²) in [6.07, 6.45) is 7.93. The van der Waals surface area contributed by atoms with Crippen LogP contribution in [0.4, 0.5) is 0 Å². The van der Waals surface area contributed by atoms with E-state index in [1.54, 1.807) is 0 Å². The smallest absolute Gasteiger partial charge is 0.323 e. The summed E-state index contributed by atoms with van der Waals surface area (Å²) in [6.45, 7) is 0. The first-order valence-electron chi connectivity index (χ1n) is 5.66. The van der Waals surface area contributed by atoms with Gasteiger partial charge < -0.3 is 9.47 Å². The number of fused-ring (bicyclic) bond motifs is 1. The lowest BCUT2D eigenvalue weighted by atomic mass is 9.85. The Bertz CT molecular complexity index is 390. The Balaban J connectivity index is 2.34. The first kappa shape index (κ1) is 11.9. The number of carbonyl (C=O) groups is 2. The van der Waals surface area contributed by atoms with Gasteiger partial charge in [-0.15, -0.1) is 0 Å². The average molecular weight is 236 g/mol. The number of carbonyl (C=O) groups excluding carboxylic acids is 2. The maximum Gasteiger partial charge on any atom is 0.323 e. The standard InChI is InChI=1S/C13H16O4/c1-16-11(14)13(12(15)17-2)7-9-5-3-4-6-10(9)8-13/h3,5-6,9H,4,7-8H2,1-2H3/t9-/m0/s1. The monoisotopic (exact) mass is 236 g/mol. The van der Waals surface area contributed by atoms with Gasteiger partial charge in [0.05, 0.1) is 14.2 Å². The van der Waals surface area contributed by atoms with Crippen molar-refractivity contribution in [2.45, 2.75) is 19.3 Å². The highest BCUT2D eigenvalue weighted by atomic mass is 16.5. The minimum absolute atomic E-state index is 0.168. The molecule has 0 saturated heterocycles. The van der Waals surface area contributed by atoms with Gasteiger partial charge in [-0.3, -0.25) is 9.59 Å². The Hall–Kier alpha value is -1.58. The molecule has 1 fully saturated rings. The molecule has 2 rings (SSSR count). The zero-order chi connectivity index (χ0) is 12.5. The van der Waals surface area contributed by atoms with Gasteiger partial charge in [-0.05, 0) is 25.2 Å². The summed E-state index contributed by atoms with van der Waals surface area (Å²) in [5, 5.41) is 0. The summed E-state index contributed by atoms with van der Waals surface area (Å²) < 4.78 is 9.55. The highest BCUT2D eigenvalue weighted by molar-refractivity contribution is 6.01. The largest absolute Gasteiger partial charge is 0.468 e. The molecule has 0 aliphatic heterocycles. The normalized spacial score (nSPS) is 24.8. The van der Waals surface area contributed by atoms with Crippen LogP contribution in [0.25, 0.3) is 0 Å². The SMILES string of the molecule is COC(=O)C1(C(=O)OC)CC2=CCC=C[C@H]2C1. The van der Waals surface area contributed by atoms with Gasteiger partial charge in [-0.25, -0.2) is 0 Å². The van der Waals surface area contributed by atoms with Crippen LogP contribution in [-0.4, -0.2) is 26.2 Å². The van der Waals surface area contributed by atoms with Crippen molar-refractivity contribution in [3.63, 3.8) is 0 Å². The summed E-state index contributed by atoms with van der Waals surface area (Å²) in [4.78, 5) is 23.8. The second kappa shape index (κ2) is 4.35. The molecule has 2 aliphatic carbocycles. The number of hydrogen-bond acceptors (Lipinski definition) is 4. The molecule has 0 radical (unpaired) electrons. The Morgan fingerprint density at radius 1 is 1.29 bits per heavy atom. The fraction of sp³-hybridized carbons (Fsp3) is 0.538. The number of esters is 2. The molecule has 0 N–H and O–H groups in total. The molecule has 1 saturated carbocycles. The molecule has 0 spiro atoms. The Morgan fingerprint density at radius 2 is 1.94 bits per heavy atom. The zero-order valence-electron chi connectivity index (χ0n) is 10.1. The summed E-state index contributed by atoms with van der Waals surface area (Å²) in [5.41, 5.74) is -0.00222. The van der Waals surface area contributed by atoms with E-state index in [-0.39, 0.29) is 5.92 Å². The molecule has 92 valence electrons. The molecule has 0 bridgehead atoms. The topological polar surface area (TPSA) is 52.6 Å². The lowest BCUT2D eigenvalue weighted by Gasteiger charge is -2.22. The van der Waals surface area contributed by atoms with Crippen molar-refractivity contribution < 1.29 is 19.1 Å². The molecule has 17 heavy (non-hydrogen) atoms. The van der Waals surface area contributed by atoms with Crippen molar-refractivity contribution in [2.75, 3.05) is 14.2 Å². The van der Waals surface area contributed by atoms with Crippen molar-refractivity contribution in [1.82, 2.24) is 0 Å². The van der Waals surface area contributed by atoms with E-state index in [0.29, 0.717) is 12.8 Å². The van der Waals surface area contributed by atoms with Crippen molar-refractivity contribution in [3.8, 4) is 0 Å². The second-order valence-electron chi connectivity index (χ2n) is 4.50. The molecule has 2 aliphatic rings. The van der Waals surface area contributed by atoms with E-state index < -0.39 is 17.4 Å². The van der Waals surface area contributed by atoms with Crippen molar-refractivity contribution >= 4 is 11.9 Å². The van der Waals surface area contributed by atoms with E-state index in [9.17, 15) is 9.59 Å². The molecule has 0 unspecified atom stereocenters. The van der Waals surface area contributed by atoms with Crippen LogP contribution >= 0.6 is 0 Å². The molecule has 0 heterocycles. The molecule has 0 aromatic carbocycles. The van der Waals surface area contributed by atoms with E-state index in [1.165, 1.54) is 14.2 Å². The zero-order valence-corrected chi connectivity index (χ0v) is 10.1. The molecule has 0 aromatic rings. The van der Waals surface area contributed by atoms with Crippen LogP contribution in [0.15, 0.2) is 23.8 Å². The predicted molar refractivity (Wildman–Crippen MR) is 61.0 cm³/mol. The molecule has 0 amide bonds. The van der Waals surface area contributed by atoms with Crippen LogP contribution in [0.3, 0.4) is 0 Å². The van der Waals surface area contributed by atoms with Crippen LogP contribution in [-0.2, 0) is 19.1 Å². The maximum atomic E-state index is 11.9. The third-order valence-electron chi connectivity index (χ3n) is 3.59. The van der Waals surface area contributed by atoms with E-state index in [4.69, 9.17) is 9.47 Å². The number of hydrogen-bond donors (Lipinski definition) is 0. The minimum Gasteiger partial charge on any atom is -0.468 e. The third kappa shape index (κ3) is 1.77. The molecular weight excluding hydrogens is 220 g/mol. The molecule has 0 aromatic heterocycles. The van der Waals surface area contributed by atoms with Crippen LogP contribution < -0.4 is 0 Å². The van der Waals surface area contributed by atoms with E-state index in [1.807, 2.05) is 0 Å². The van der Waals surface area contributed by atoms with E-state index in [0.717, 1.165) is 12.0 Å². The lowest BCUT2D eigenvalue weighted by molar-refractivity contribution is -0.168. The van der Waals surface area contributed by atoms with Gasteiger partial charge in [0.1, 0.15) is 0 Å². The average Bonchev–Trinajstić information content (AvgIpc) is 2.77. The van der Waals surface area contributed by atoms with E-state index in [2.05, 4.69) is 18.2 Å². The summed E-state index contributed by atoms with van der Waals surface area (Å²) in [6, 6.07) is 0. The molecular formula is C13H16O4. The van der Waals surface area contributed by atoms with Crippen LogP contribution in [0.1, 0.15) is 19.3 Å². The number of ether oxygens (including phenoxy) is 2. The molecule has 1 atom stereocenters.